The van der Waals surface area contributed by atoms with Crippen molar-refractivity contribution in [3.8, 4) is 0 Å². The summed E-state index contributed by atoms with van der Waals surface area (Å²) in [5.74, 6) is -0.438. The predicted molar refractivity (Wildman–Crippen MR) is 57.3 cm³/mol. The minimum Gasteiger partial charge on any atom is -0.293 e. The van der Waals surface area contributed by atoms with Gasteiger partial charge in [0.1, 0.15) is 0 Å². The zero-order chi connectivity index (χ0) is 10.9. The Morgan fingerprint density at radius 2 is 1.88 bits per heavy atom. The molecular weight excluding hydrogens is 332 g/mol. The molecule has 0 unspecified atom stereocenters. The molecule has 0 aliphatic heterocycles. The second-order valence-electron chi connectivity index (χ2n) is 3.27. The van der Waals surface area contributed by atoms with Gasteiger partial charge in [-0.2, -0.15) is 4.89 Å². The SMILES string of the molecule is CCCCCOOC(=O)c1ccccc1.[Ce]. The van der Waals surface area contributed by atoms with Gasteiger partial charge in [0, 0.05) is 41.7 Å². The maximum Gasteiger partial charge on any atom is 0.373 e. The summed E-state index contributed by atoms with van der Waals surface area (Å²) in [5.41, 5.74) is 0.507. The first-order chi connectivity index (χ1) is 7.34. The Bertz CT molecular complexity index is 288. The first kappa shape index (κ1) is 16.0. The Labute approximate surface area is 130 Å². The van der Waals surface area contributed by atoms with Crippen molar-refractivity contribution < 1.29 is 56.3 Å². The van der Waals surface area contributed by atoms with E-state index in [1.165, 1.54) is 0 Å². The molecule has 1 aromatic rings. The van der Waals surface area contributed by atoms with Crippen molar-refractivity contribution >= 4 is 5.97 Å². The molecule has 0 N–H and O–H groups in total. The number of benzene rings is 1. The maximum atomic E-state index is 11.3. The number of rotatable bonds is 6. The quantitative estimate of drug-likeness (QED) is 0.450. The molecule has 4 heteroatoms. The molecule has 0 fully saturated rings. The molecule has 0 saturated carbocycles. The second-order valence-corrected chi connectivity index (χ2v) is 3.27. The van der Waals surface area contributed by atoms with Crippen molar-refractivity contribution in [1.82, 2.24) is 0 Å². The van der Waals surface area contributed by atoms with Crippen LogP contribution in [0.3, 0.4) is 0 Å². The zero-order valence-electron chi connectivity index (χ0n) is 9.44. The fourth-order valence-electron chi connectivity index (χ4n) is 1.13. The largest absolute Gasteiger partial charge is 0.373 e. The summed E-state index contributed by atoms with van der Waals surface area (Å²) in [6, 6.07) is 8.80. The van der Waals surface area contributed by atoms with E-state index in [9.17, 15) is 4.79 Å². The van der Waals surface area contributed by atoms with Crippen molar-refractivity contribution in [2.24, 2.45) is 0 Å². The van der Waals surface area contributed by atoms with Crippen LogP contribution < -0.4 is 0 Å². The maximum absolute atomic E-state index is 11.3. The van der Waals surface area contributed by atoms with Gasteiger partial charge in [-0.3, -0.25) is 4.89 Å². The second kappa shape index (κ2) is 10.2. The Morgan fingerprint density at radius 3 is 2.50 bits per heavy atom. The topological polar surface area (TPSA) is 35.5 Å². The van der Waals surface area contributed by atoms with Gasteiger partial charge in [-0.05, 0) is 18.6 Å². The van der Waals surface area contributed by atoms with Crippen LogP contribution in [0.4, 0.5) is 0 Å². The first-order valence-corrected chi connectivity index (χ1v) is 5.23. The van der Waals surface area contributed by atoms with Crippen LogP contribution in [0.1, 0.15) is 36.5 Å². The number of hydrogen-bond donors (Lipinski definition) is 0. The summed E-state index contributed by atoms with van der Waals surface area (Å²) in [4.78, 5) is 20.8. The summed E-state index contributed by atoms with van der Waals surface area (Å²) >= 11 is 0. The summed E-state index contributed by atoms with van der Waals surface area (Å²) in [5, 5.41) is 0. The molecule has 0 spiro atoms. The Balaban J connectivity index is 0.00000225. The third-order valence-corrected chi connectivity index (χ3v) is 1.98. The van der Waals surface area contributed by atoms with Crippen molar-refractivity contribution in [1.29, 1.82) is 0 Å². The van der Waals surface area contributed by atoms with Crippen molar-refractivity contribution in [2.45, 2.75) is 26.2 Å². The van der Waals surface area contributed by atoms with Crippen LogP contribution >= 0.6 is 0 Å². The molecule has 3 nitrogen and oxygen atoms in total. The van der Waals surface area contributed by atoms with Crippen LogP contribution in [-0.2, 0) is 9.78 Å². The molecular formula is C12H16CeO3. The van der Waals surface area contributed by atoms with Crippen molar-refractivity contribution in [3.63, 3.8) is 0 Å². The van der Waals surface area contributed by atoms with E-state index in [0.29, 0.717) is 12.2 Å². The van der Waals surface area contributed by atoms with E-state index in [-0.39, 0.29) is 41.7 Å². The van der Waals surface area contributed by atoms with Gasteiger partial charge in [-0.25, -0.2) is 4.79 Å². The van der Waals surface area contributed by atoms with E-state index >= 15 is 0 Å². The van der Waals surface area contributed by atoms with Crippen LogP contribution in [0, 0.1) is 41.7 Å². The van der Waals surface area contributed by atoms with Gasteiger partial charge in [-0.15, -0.1) is 0 Å². The predicted octanol–water partition coefficient (Wildman–Crippen LogP) is 2.97. The van der Waals surface area contributed by atoms with Gasteiger partial charge < -0.3 is 0 Å². The van der Waals surface area contributed by atoms with Crippen LogP contribution in [0.25, 0.3) is 0 Å². The molecule has 0 saturated heterocycles. The molecule has 0 aliphatic rings. The molecule has 0 radical (unpaired) electrons. The molecule has 86 valence electrons. The van der Waals surface area contributed by atoms with E-state index < -0.39 is 5.97 Å². The van der Waals surface area contributed by atoms with Crippen molar-refractivity contribution in [3.05, 3.63) is 35.9 Å². The molecule has 0 aliphatic carbocycles. The van der Waals surface area contributed by atoms with Gasteiger partial charge in [0.2, 0.25) is 0 Å². The minimum absolute atomic E-state index is 0. The molecule has 16 heavy (non-hydrogen) atoms. The third kappa shape index (κ3) is 6.57. The van der Waals surface area contributed by atoms with E-state index in [1.54, 1.807) is 24.3 Å². The molecule has 0 atom stereocenters. The number of hydrogen-bond acceptors (Lipinski definition) is 3. The fourth-order valence-corrected chi connectivity index (χ4v) is 1.13. The van der Waals surface area contributed by atoms with Crippen LogP contribution in [0.15, 0.2) is 30.3 Å². The molecule has 1 aromatic carbocycles. The van der Waals surface area contributed by atoms with E-state index in [2.05, 4.69) is 11.8 Å². The summed E-state index contributed by atoms with van der Waals surface area (Å²) < 4.78 is 0. The molecule has 0 amide bonds. The average Bonchev–Trinajstić information content (AvgIpc) is 2.30. The monoisotopic (exact) mass is 348 g/mol. The zero-order valence-corrected chi connectivity index (χ0v) is 12.6. The standard InChI is InChI=1S/C12H16O3.Ce/c1-2-3-7-10-14-15-12(13)11-8-5-4-6-9-11;/h4-6,8-9H,2-3,7,10H2,1H3;. The summed E-state index contributed by atoms with van der Waals surface area (Å²) in [6.07, 6.45) is 3.12. The van der Waals surface area contributed by atoms with Gasteiger partial charge in [-0.1, -0.05) is 38.0 Å². The molecule has 1 rings (SSSR count). The van der Waals surface area contributed by atoms with Crippen LogP contribution in [0.2, 0.25) is 0 Å². The number of unbranched alkanes of at least 4 members (excludes halogenated alkanes) is 2. The van der Waals surface area contributed by atoms with E-state index in [0.717, 1.165) is 19.3 Å². The Morgan fingerprint density at radius 1 is 1.19 bits per heavy atom. The molecule has 0 aromatic heterocycles. The normalized spacial score (nSPS) is 9.31. The minimum atomic E-state index is -0.438. The van der Waals surface area contributed by atoms with Crippen LogP contribution in [0.5, 0.6) is 0 Å². The Kier molecular flexibility index (Phi) is 10.2. The smallest absolute Gasteiger partial charge is 0.293 e. The Hall–Kier alpha value is 0.0266. The molecule has 0 heterocycles. The van der Waals surface area contributed by atoms with Gasteiger partial charge in [0.05, 0.1) is 12.2 Å². The number of carbonyl (C=O) groups excluding carboxylic acids is 1. The summed E-state index contributed by atoms with van der Waals surface area (Å²) in [7, 11) is 0. The molecule has 0 bridgehead atoms. The van der Waals surface area contributed by atoms with Crippen LogP contribution in [-0.4, -0.2) is 12.6 Å². The average molecular weight is 348 g/mol. The summed E-state index contributed by atoms with van der Waals surface area (Å²) in [6.45, 7) is 2.57. The first-order valence-electron chi connectivity index (χ1n) is 5.23. The van der Waals surface area contributed by atoms with Gasteiger partial charge in [0.15, 0.2) is 0 Å². The third-order valence-electron chi connectivity index (χ3n) is 1.98. The number of carbonyl (C=O) groups is 1. The van der Waals surface area contributed by atoms with Crippen molar-refractivity contribution in [2.75, 3.05) is 6.61 Å². The van der Waals surface area contributed by atoms with E-state index in [1.807, 2.05) is 6.07 Å². The van der Waals surface area contributed by atoms with E-state index in [4.69, 9.17) is 4.89 Å². The van der Waals surface area contributed by atoms with Gasteiger partial charge in [0.25, 0.3) is 0 Å². The fraction of sp³-hybridized carbons (Fsp3) is 0.417. The van der Waals surface area contributed by atoms with Gasteiger partial charge >= 0.3 is 5.97 Å².